The van der Waals surface area contributed by atoms with E-state index in [9.17, 15) is 9.90 Å². The molecule has 6 nitrogen and oxygen atoms in total. The number of aromatic nitrogens is 2. The van der Waals surface area contributed by atoms with Crippen LogP contribution in [-0.4, -0.2) is 41.6 Å². The van der Waals surface area contributed by atoms with Crippen LogP contribution in [-0.2, 0) is 15.9 Å². The maximum atomic E-state index is 11.3. The minimum absolute atomic E-state index is 0.0122. The van der Waals surface area contributed by atoms with Gasteiger partial charge in [0.1, 0.15) is 5.69 Å². The fourth-order valence-corrected chi connectivity index (χ4v) is 2.59. The van der Waals surface area contributed by atoms with Gasteiger partial charge in [-0.2, -0.15) is 0 Å². The van der Waals surface area contributed by atoms with E-state index in [1.165, 1.54) is 14.2 Å². The van der Waals surface area contributed by atoms with Crippen molar-refractivity contribution in [2.75, 3.05) is 14.2 Å². The number of hydrogen-bond acceptors (Lipinski definition) is 4. The fraction of sp³-hybridized carbons (Fsp3) is 0.250. The van der Waals surface area contributed by atoms with E-state index in [0.29, 0.717) is 12.1 Å². The van der Waals surface area contributed by atoms with Crippen molar-refractivity contribution in [1.29, 1.82) is 0 Å². The second kappa shape index (κ2) is 5.75. The van der Waals surface area contributed by atoms with Crippen LogP contribution >= 0.6 is 0 Å². The standard InChI is InChI=1S/C16H16N2O4/c1-21-14(22-2)8-12-15-10(7-13(17-12)16(19)20)9-5-3-4-6-11(9)18-15/h3-7,14,18H,8H2,1-2H3,(H,19,20). The number of carboxylic acid groups (broad SMARTS) is 1. The van der Waals surface area contributed by atoms with Crippen molar-refractivity contribution in [3.05, 3.63) is 41.7 Å². The molecule has 3 aromatic rings. The average Bonchev–Trinajstić information content (AvgIpc) is 2.91. The topological polar surface area (TPSA) is 84.4 Å². The van der Waals surface area contributed by atoms with Gasteiger partial charge in [0.25, 0.3) is 0 Å². The van der Waals surface area contributed by atoms with Gasteiger partial charge in [0.05, 0.1) is 11.2 Å². The maximum Gasteiger partial charge on any atom is 0.354 e. The van der Waals surface area contributed by atoms with Crippen LogP contribution < -0.4 is 0 Å². The highest BCUT2D eigenvalue weighted by atomic mass is 16.7. The summed E-state index contributed by atoms with van der Waals surface area (Å²) >= 11 is 0. The number of rotatable bonds is 5. The Morgan fingerprint density at radius 3 is 2.68 bits per heavy atom. The fourth-order valence-electron chi connectivity index (χ4n) is 2.59. The van der Waals surface area contributed by atoms with Crippen molar-refractivity contribution in [2.45, 2.75) is 12.7 Å². The highest BCUT2D eigenvalue weighted by Crippen LogP contribution is 2.28. The number of nitrogens with one attached hydrogen (secondary N) is 1. The van der Waals surface area contributed by atoms with Gasteiger partial charge in [-0.25, -0.2) is 9.78 Å². The number of aromatic carboxylic acids is 1. The third-order valence-corrected chi connectivity index (χ3v) is 3.68. The molecule has 3 rings (SSSR count). The summed E-state index contributed by atoms with van der Waals surface area (Å²) in [5.74, 6) is -1.06. The number of carbonyl (C=O) groups is 1. The lowest BCUT2D eigenvalue weighted by Crippen LogP contribution is -2.18. The van der Waals surface area contributed by atoms with Crippen LogP contribution in [0.15, 0.2) is 30.3 Å². The first-order chi connectivity index (χ1) is 10.6. The molecule has 2 heterocycles. The molecule has 0 aliphatic rings. The Kier molecular flexibility index (Phi) is 3.79. The van der Waals surface area contributed by atoms with Gasteiger partial charge in [-0.3, -0.25) is 0 Å². The van der Waals surface area contributed by atoms with Gasteiger partial charge in [-0.15, -0.1) is 0 Å². The molecule has 6 heteroatoms. The quantitative estimate of drug-likeness (QED) is 0.707. The van der Waals surface area contributed by atoms with Crippen LogP contribution in [0.5, 0.6) is 0 Å². The van der Waals surface area contributed by atoms with E-state index in [4.69, 9.17) is 9.47 Å². The van der Waals surface area contributed by atoms with Crippen molar-refractivity contribution in [1.82, 2.24) is 9.97 Å². The van der Waals surface area contributed by atoms with E-state index < -0.39 is 12.3 Å². The van der Waals surface area contributed by atoms with Crippen LogP contribution in [0.2, 0.25) is 0 Å². The van der Waals surface area contributed by atoms with Gasteiger partial charge < -0.3 is 19.6 Å². The number of nitrogens with zero attached hydrogens (tertiary/aromatic N) is 1. The molecule has 0 saturated heterocycles. The van der Waals surface area contributed by atoms with Crippen molar-refractivity contribution in [3.63, 3.8) is 0 Å². The Bertz CT molecular complexity index is 837. The molecule has 1 aromatic carbocycles. The molecule has 0 bridgehead atoms. The largest absolute Gasteiger partial charge is 0.477 e. The number of methoxy groups -OCH3 is 2. The lowest BCUT2D eigenvalue weighted by atomic mass is 10.1. The Hall–Kier alpha value is -2.44. The first kappa shape index (κ1) is 14.5. The first-order valence-electron chi connectivity index (χ1n) is 6.83. The summed E-state index contributed by atoms with van der Waals surface area (Å²) in [6.07, 6.45) is -0.122. The Morgan fingerprint density at radius 1 is 1.27 bits per heavy atom. The van der Waals surface area contributed by atoms with Gasteiger partial charge in [-0.1, -0.05) is 18.2 Å². The SMILES string of the molecule is COC(Cc1nc(C(=O)O)cc2c1[nH]c1ccccc12)OC. The zero-order valence-corrected chi connectivity index (χ0v) is 12.3. The van der Waals surface area contributed by atoms with E-state index in [0.717, 1.165) is 21.8 Å². The van der Waals surface area contributed by atoms with Crippen molar-refractivity contribution in [2.24, 2.45) is 0 Å². The zero-order valence-electron chi connectivity index (χ0n) is 12.3. The lowest BCUT2D eigenvalue weighted by Gasteiger charge is -2.13. The lowest BCUT2D eigenvalue weighted by molar-refractivity contribution is -0.101. The molecule has 0 spiro atoms. The second-order valence-electron chi connectivity index (χ2n) is 4.96. The average molecular weight is 300 g/mol. The van der Waals surface area contributed by atoms with Crippen LogP contribution in [0.4, 0.5) is 0 Å². The van der Waals surface area contributed by atoms with Crippen molar-refractivity contribution >= 4 is 27.8 Å². The number of benzene rings is 1. The molecular weight excluding hydrogens is 284 g/mol. The van der Waals surface area contributed by atoms with Gasteiger partial charge in [0.15, 0.2) is 6.29 Å². The molecule has 2 aromatic heterocycles. The molecule has 22 heavy (non-hydrogen) atoms. The van der Waals surface area contributed by atoms with Gasteiger partial charge in [-0.05, 0) is 12.1 Å². The van der Waals surface area contributed by atoms with E-state index >= 15 is 0 Å². The van der Waals surface area contributed by atoms with Gasteiger partial charge >= 0.3 is 5.97 Å². The Morgan fingerprint density at radius 2 is 2.00 bits per heavy atom. The summed E-state index contributed by atoms with van der Waals surface area (Å²) in [4.78, 5) is 18.9. The number of para-hydroxylation sites is 1. The zero-order chi connectivity index (χ0) is 15.7. The van der Waals surface area contributed by atoms with Gasteiger partial charge in [0, 0.05) is 36.9 Å². The van der Waals surface area contributed by atoms with Crippen molar-refractivity contribution in [3.8, 4) is 0 Å². The number of carboxylic acids is 1. The molecule has 0 saturated carbocycles. The van der Waals surface area contributed by atoms with Crippen molar-refractivity contribution < 1.29 is 19.4 Å². The predicted molar refractivity (Wildman–Crippen MR) is 82.1 cm³/mol. The normalized spacial score (nSPS) is 11.6. The molecule has 0 atom stereocenters. The third kappa shape index (κ3) is 2.43. The number of aromatic amines is 1. The van der Waals surface area contributed by atoms with Crippen LogP contribution in [0.3, 0.4) is 0 Å². The second-order valence-corrected chi connectivity index (χ2v) is 4.96. The van der Waals surface area contributed by atoms with Crippen LogP contribution in [0.25, 0.3) is 21.8 Å². The molecule has 0 radical (unpaired) electrons. The molecule has 0 aliphatic carbocycles. The molecule has 0 unspecified atom stereocenters. The highest BCUT2D eigenvalue weighted by molar-refractivity contribution is 6.09. The van der Waals surface area contributed by atoms with Gasteiger partial charge in [0.2, 0.25) is 0 Å². The van der Waals surface area contributed by atoms with E-state index in [-0.39, 0.29) is 5.69 Å². The number of ether oxygens (including phenoxy) is 2. The molecule has 2 N–H and O–H groups in total. The first-order valence-corrected chi connectivity index (χ1v) is 6.83. The Labute approximate surface area is 126 Å². The summed E-state index contributed by atoms with van der Waals surface area (Å²) in [6, 6.07) is 9.34. The van der Waals surface area contributed by atoms with E-state index in [1.54, 1.807) is 6.07 Å². The van der Waals surface area contributed by atoms with Crippen LogP contribution in [0, 0.1) is 0 Å². The number of H-pyrrole nitrogens is 1. The minimum atomic E-state index is -1.06. The summed E-state index contributed by atoms with van der Waals surface area (Å²) in [5, 5.41) is 11.1. The number of fused-ring (bicyclic) bond motifs is 3. The van der Waals surface area contributed by atoms with Crippen LogP contribution in [0.1, 0.15) is 16.2 Å². The molecule has 0 amide bonds. The number of pyridine rings is 1. The molecule has 0 fully saturated rings. The minimum Gasteiger partial charge on any atom is -0.477 e. The van der Waals surface area contributed by atoms with E-state index in [1.807, 2.05) is 24.3 Å². The summed E-state index contributed by atoms with van der Waals surface area (Å²) in [7, 11) is 3.08. The maximum absolute atomic E-state index is 11.3. The molecule has 0 aliphatic heterocycles. The number of hydrogen-bond donors (Lipinski definition) is 2. The summed E-state index contributed by atoms with van der Waals surface area (Å²) in [6.45, 7) is 0. The Balaban J connectivity index is 2.26. The van der Waals surface area contributed by atoms with E-state index in [2.05, 4.69) is 9.97 Å². The predicted octanol–water partition coefficient (Wildman–Crippen LogP) is 2.58. The smallest absolute Gasteiger partial charge is 0.354 e. The molecule has 114 valence electrons. The molecular formula is C16H16N2O4. The monoisotopic (exact) mass is 300 g/mol. The summed E-state index contributed by atoms with van der Waals surface area (Å²) < 4.78 is 10.4. The summed E-state index contributed by atoms with van der Waals surface area (Å²) in [5.41, 5.74) is 2.37. The third-order valence-electron chi connectivity index (χ3n) is 3.68. The highest BCUT2D eigenvalue weighted by Gasteiger charge is 2.18.